The van der Waals surface area contributed by atoms with Gasteiger partial charge < -0.3 is 5.32 Å². The molecule has 136 valence electrons. The van der Waals surface area contributed by atoms with Crippen molar-refractivity contribution < 1.29 is 9.18 Å². The quantitative estimate of drug-likeness (QED) is 0.713. The lowest BCUT2D eigenvalue weighted by Gasteiger charge is -2.06. The third-order valence-electron chi connectivity index (χ3n) is 3.75. The van der Waals surface area contributed by atoms with Crippen LogP contribution in [-0.4, -0.2) is 25.5 Å². The molecule has 0 unspecified atom stereocenters. The molecule has 0 spiro atoms. The Morgan fingerprint density at radius 2 is 2.00 bits per heavy atom. The molecule has 0 saturated carbocycles. The summed E-state index contributed by atoms with van der Waals surface area (Å²) in [5.41, 5.74) is 2.01. The number of nitrogens with zero attached hydrogens (tertiary/aromatic N) is 4. The number of nitrogens with one attached hydrogen (secondary N) is 1. The molecule has 1 aromatic carbocycles. The largest absolute Gasteiger partial charge is 0.306 e. The number of hydrogen-bond donors (Lipinski definition) is 1. The Balaban J connectivity index is 1.72. The zero-order chi connectivity index (χ0) is 18.8. The van der Waals surface area contributed by atoms with E-state index in [9.17, 15) is 9.18 Å². The average Bonchev–Trinajstić information content (AvgIpc) is 3.05. The molecule has 0 fully saturated rings. The zero-order valence-electron chi connectivity index (χ0n) is 14.1. The number of anilines is 1. The van der Waals surface area contributed by atoms with Crippen molar-refractivity contribution in [3.63, 3.8) is 0 Å². The maximum absolute atomic E-state index is 13.9. The van der Waals surface area contributed by atoms with Gasteiger partial charge in [-0.05, 0) is 32.0 Å². The molecule has 1 N–H and O–H groups in total. The molecule has 9 heteroatoms. The van der Waals surface area contributed by atoms with Crippen molar-refractivity contribution in [2.75, 3.05) is 5.32 Å². The molecule has 0 bridgehead atoms. The molecular formula is C17H16Cl2FN5O. The number of aryl methyl sites for hydroxylation is 2. The van der Waals surface area contributed by atoms with E-state index in [0.29, 0.717) is 10.6 Å². The van der Waals surface area contributed by atoms with Crippen molar-refractivity contribution >= 4 is 34.9 Å². The normalized spacial score (nSPS) is 11.0. The molecule has 0 radical (unpaired) electrons. The first-order valence-electron chi connectivity index (χ1n) is 7.80. The van der Waals surface area contributed by atoms with Gasteiger partial charge in [0.25, 0.3) is 0 Å². The van der Waals surface area contributed by atoms with Crippen LogP contribution in [0.1, 0.15) is 17.0 Å². The Morgan fingerprint density at radius 3 is 2.65 bits per heavy atom. The summed E-state index contributed by atoms with van der Waals surface area (Å²) in [6.07, 6.45) is 1.50. The fraction of sp³-hybridized carbons (Fsp3) is 0.235. The number of halogens is 3. The van der Waals surface area contributed by atoms with Crippen LogP contribution in [0.5, 0.6) is 0 Å². The van der Waals surface area contributed by atoms with Crippen LogP contribution < -0.4 is 5.32 Å². The first-order valence-corrected chi connectivity index (χ1v) is 8.56. The van der Waals surface area contributed by atoms with Gasteiger partial charge in [0.05, 0.1) is 12.2 Å². The summed E-state index contributed by atoms with van der Waals surface area (Å²) in [6, 6.07) is 6.33. The second-order valence-electron chi connectivity index (χ2n) is 5.86. The van der Waals surface area contributed by atoms with Gasteiger partial charge >= 0.3 is 0 Å². The van der Waals surface area contributed by atoms with Crippen LogP contribution in [0, 0.1) is 19.7 Å². The first-order chi connectivity index (χ1) is 12.3. The van der Waals surface area contributed by atoms with E-state index in [2.05, 4.69) is 15.5 Å². The lowest BCUT2D eigenvalue weighted by molar-refractivity contribution is -0.117. The second kappa shape index (κ2) is 7.47. The monoisotopic (exact) mass is 395 g/mol. The zero-order valence-corrected chi connectivity index (χ0v) is 15.6. The standard InChI is InChI=1S/C17H16Cl2FN5O/c1-10-6-11(2)25(22-10)9-16(26)21-17-14(19)8-24(23-17)7-12-13(18)4-3-5-15(12)20/h3-6,8H,7,9H2,1-2H3,(H,21,23,26). The molecule has 3 aromatic rings. The highest BCUT2D eigenvalue weighted by atomic mass is 35.5. The van der Waals surface area contributed by atoms with Gasteiger partial charge in [-0.3, -0.25) is 14.2 Å². The van der Waals surface area contributed by atoms with Gasteiger partial charge in [-0.15, -0.1) is 0 Å². The lowest BCUT2D eigenvalue weighted by Crippen LogP contribution is -2.21. The third-order valence-corrected chi connectivity index (χ3v) is 4.38. The summed E-state index contributed by atoms with van der Waals surface area (Å²) in [5.74, 6) is -0.544. The second-order valence-corrected chi connectivity index (χ2v) is 6.67. The van der Waals surface area contributed by atoms with Gasteiger partial charge in [-0.25, -0.2) is 4.39 Å². The van der Waals surface area contributed by atoms with Crippen LogP contribution in [0.3, 0.4) is 0 Å². The summed E-state index contributed by atoms with van der Waals surface area (Å²) in [4.78, 5) is 12.2. The van der Waals surface area contributed by atoms with E-state index in [4.69, 9.17) is 23.2 Å². The van der Waals surface area contributed by atoms with E-state index < -0.39 is 5.82 Å². The predicted molar refractivity (Wildman–Crippen MR) is 98.1 cm³/mol. The average molecular weight is 396 g/mol. The number of hydrogen-bond acceptors (Lipinski definition) is 3. The summed E-state index contributed by atoms with van der Waals surface area (Å²) < 4.78 is 16.9. The van der Waals surface area contributed by atoms with E-state index in [-0.39, 0.29) is 29.8 Å². The molecule has 0 aliphatic rings. The molecule has 6 nitrogen and oxygen atoms in total. The van der Waals surface area contributed by atoms with Crippen LogP contribution in [0.2, 0.25) is 10.0 Å². The topological polar surface area (TPSA) is 64.7 Å². The predicted octanol–water partition coefficient (Wildman–Crippen LogP) is 3.83. The van der Waals surface area contributed by atoms with Gasteiger partial charge in [0.15, 0.2) is 5.82 Å². The van der Waals surface area contributed by atoms with E-state index in [0.717, 1.165) is 11.4 Å². The molecule has 2 heterocycles. The van der Waals surface area contributed by atoms with Crippen molar-refractivity contribution in [1.29, 1.82) is 0 Å². The van der Waals surface area contributed by atoms with Gasteiger partial charge in [-0.1, -0.05) is 29.3 Å². The summed E-state index contributed by atoms with van der Waals surface area (Å²) in [7, 11) is 0. The number of benzene rings is 1. The Labute approximate surface area is 159 Å². The van der Waals surface area contributed by atoms with E-state index >= 15 is 0 Å². The van der Waals surface area contributed by atoms with Crippen molar-refractivity contribution in [2.24, 2.45) is 0 Å². The number of amides is 1. The highest BCUT2D eigenvalue weighted by Crippen LogP contribution is 2.23. The van der Waals surface area contributed by atoms with Crippen LogP contribution in [0.25, 0.3) is 0 Å². The fourth-order valence-corrected chi connectivity index (χ4v) is 2.97. The molecular weight excluding hydrogens is 380 g/mol. The van der Waals surface area contributed by atoms with Gasteiger partial charge in [0.1, 0.15) is 17.4 Å². The van der Waals surface area contributed by atoms with E-state index in [1.165, 1.54) is 23.0 Å². The maximum Gasteiger partial charge on any atom is 0.247 e. The summed E-state index contributed by atoms with van der Waals surface area (Å²) in [5, 5.41) is 11.6. The molecule has 26 heavy (non-hydrogen) atoms. The van der Waals surface area contributed by atoms with E-state index in [1.54, 1.807) is 10.7 Å². The van der Waals surface area contributed by atoms with Gasteiger partial charge in [-0.2, -0.15) is 10.2 Å². The summed E-state index contributed by atoms with van der Waals surface area (Å²) >= 11 is 12.1. The van der Waals surface area contributed by atoms with Crippen molar-refractivity contribution in [2.45, 2.75) is 26.9 Å². The molecule has 3 rings (SSSR count). The number of aromatic nitrogens is 4. The fourth-order valence-electron chi connectivity index (χ4n) is 2.55. The van der Waals surface area contributed by atoms with Crippen molar-refractivity contribution in [3.05, 3.63) is 63.3 Å². The van der Waals surface area contributed by atoms with Crippen LogP contribution in [0.15, 0.2) is 30.5 Å². The Morgan fingerprint density at radius 1 is 1.23 bits per heavy atom. The Kier molecular flexibility index (Phi) is 5.29. The highest BCUT2D eigenvalue weighted by molar-refractivity contribution is 6.33. The molecule has 2 aromatic heterocycles. The molecule has 0 aliphatic carbocycles. The number of carbonyl (C=O) groups excluding carboxylic acids is 1. The molecule has 0 saturated heterocycles. The van der Waals surface area contributed by atoms with Crippen LogP contribution in [-0.2, 0) is 17.9 Å². The smallest absolute Gasteiger partial charge is 0.247 e. The minimum Gasteiger partial charge on any atom is -0.306 e. The molecule has 0 atom stereocenters. The first kappa shape index (κ1) is 18.4. The van der Waals surface area contributed by atoms with E-state index in [1.807, 2.05) is 19.9 Å². The Hall–Kier alpha value is -2.38. The highest BCUT2D eigenvalue weighted by Gasteiger charge is 2.14. The maximum atomic E-state index is 13.9. The SMILES string of the molecule is Cc1cc(C)n(CC(=O)Nc2nn(Cc3c(F)cccc3Cl)cc2Cl)n1. The lowest BCUT2D eigenvalue weighted by atomic mass is 10.2. The minimum atomic E-state index is -0.431. The van der Waals surface area contributed by atoms with Gasteiger partial charge in [0.2, 0.25) is 5.91 Å². The number of carbonyl (C=O) groups is 1. The van der Waals surface area contributed by atoms with Crippen LogP contribution in [0.4, 0.5) is 10.2 Å². The number of rotatable bonds is 5. The third kappa shape index (κ3) is 4.05. The van der Waals surface area contributed by atoms with Crippen molar-refractivity contribution in [3.8, 4) is 0 Å². The summed E-state index contributed by atoms with van der Waals surface area (Å²) in [6.45, 7) is 3.86. The molecule has 0 aliphatic heterocycles. The van der Waals surface area contributed by atoms with Gasteiger partial charge in [0, 0.05) is 22.5 Å². The Bertz CT molecular complexity index is 946. The minimum absolute atomic E-state index is 0.0437. The van der Waals surface area contributed by atoms with Crippen LogP contribution >= 0.6 is 23.2 Å². The van der Waals surface area contributed by atoms with Crippen molar-refractivity contribution in [1.82, 2.24) is 19.6 Å². The molecule has 1 amide bonds.